The third-order valence-electron chi connectivity index (χ3n) is 3.64. The zero-order valence-electron chi connectivity index (χ0n) is 12.6. The number of halogens is 1. The molecule has 2 rings (SSSR count). The van der Waals surface area contributed by atoms with E-state index in [0.717, 1.165) is 18.4 Å². The molecule has 0 bridgehead atoms. The molecule has 0 radical (unpaired) electrons. The fraction of sp³-hybridized carbons (Fsp3) is 0.533. The molecule has 0 aliphatic carbocycles. The van der Waals surface area contributed by atoms with Gasteiger partial charge in [-0.05, 0) is 42.0 Å². The van der Waals surface area contributed by atoms with E-state index in [9.17, 15) is 4.39 Å². The second kappa shape index (κ2) is 7.15. The van der Waals surface area contributed by atoms with Gasteiger partial charge in [0, 0.05) is 5.56 Å². The molecule has 2 aromatic rings. The van der Waals surface area contributed by atoms with Crippen LogP contribution in [0.25, 0.3) is 11.4 Å². The van der Waals surface area contributed by atoms with Gasteiger partial charge < -0.3 is 5.73 Å². The Kier molecular flexibility index (Phi) is 5.25. The van der Waals surface area contributed by atoms with Gasteiger partial charge in [0.15, 0.2) is 5.82 Å². The zero-order valence-corrected chi connectivity index (χ0v) is 12.6. The molecule has 1 atom stereocenters. The van der Waals surface area contributed by atoms with Crippen LogP contribution in [0.3, 0.4) is 0 Å². The summed E-state index contributed by atoms with van der Waals surface area (Å²) in [5.74, 6) is 0.204. The zero-order chi connectivity index (χ0) is 15.2. The fourth-order valence-electron chi connectivity index (χ4n) is 2.35. The van der Waals surface area contributed by atoms with Crippen molar-refractivity contribution in [1.82, 2.24) is 20.2 Å². The van der Waals surface area contributed by atoms with Crippen molar-refractivity contribution in [3.63, 3.8) is 0 Å². The Morgan fingerprint density at radius 1 is 1.29 bits per heavy atom. The van der Waals surface area contributed by atoms with Crippen LogP contribution in [0.5, 0.6) is 0 Å². The van der Waals surface area contributed by atoms with Crippen LogP contribution in [0.1, 0.15) is 52.0 Å². The summed E-state index contributed by atoms with van der Waals surface area (Å²) in [5, 5.41) is 11.9. The number of hydrogen-bond donors (Lipinski definition) is 1. The summed E-state index contributed by atoms with van der Waals surface area (Å²) in [7, 11) is 0. The summed E-state index contributed by atoms with van der Waals surface area (Å²) in [5.41, 5.74) is 6.46. The van der Waals surface area contributed by atoms with Gasteiger partial charge in [-0.2, -0.15) is 0 Å². The highest BCUT2D eigenvalue weighted by atomic mass is 19.1. The first-order chi connectivity index (χ1) is 10.1. The van der Waals surface area contributed by atoms with Gasteiger partial charge in [-0.1, -0.05) is 32.6 Å². The van der Waals surface area contributed by atoms with Gasteiger partial charge in [0.25, 0.3) is 0 Å². The molecule has 2 N–H and O–H groups in total. The lowest BCUT2D eigenvalue weighted by Crippen LogP contribution is -2.09. The van der Waals surface area contributed by atoms with Crippen molar-refractivity contribution in [1.29, 1.82) is 0 Å². The third-order valence-corrected chi connectivity index (χ3v) is 3.64. The molecular formula is C15H22FN5. The molecule has 0 spiro atoms. The summed E-state index contributed by atoms with van der Waals surface area (Å²) in [4.78, 5) is 0. The summed E-state index contributed by atoms with van der Waals surface area (Å²) < 4.78 is 15.0. The van der Waals surface area contributed by atoms with Crippen LogP contribution in [0.15, 0.2) is 18.2 Å². The standard InChI is InChI=1S/C15H22FN5/c1-3-4-5-6-7-11(2)21-15(18-19-20-21)12-8-9-13(16)14(17)10-12/h8-11H,3-7,17H2,1-2H3. The van der Waals surface area contributed by atoms with E-state index in [2.05, 4.69) is 29.4 Å². The van der Waals surface area contributed by atoms with E-state index in [1.807, 2.05) is 0 Å². The minimum Gasteiger partial charge on any atom is -0.396 e. The number of nitrogen functional groups attached to an aromatic ring is 1. The number of anilines is 1. The molecule has 1 heterocycles. The maximum absolute atomic E-state index is 13.3. The molecule has 5 nitrogen and oxygen atoms in total. The second-order valence-corrected chi connectivity index (χ2v) is 5.38. The van der Waals surface area contributed by atoms with Crippen molar-refractivity contribution in [2.24, 2.45) is 0 Å². The number of rotatable bonds is 7. The molecule has 0 aliphatic heterocycles. The van der Waals surface area contributed by atoms with Gasteiger partial charge in [0.2, 0.25) is 0 Å². The number of aromatic nitrogens is 4. The molecule has 1 aromatic heterocycles. The van der Waals surface area contributed by atoms with Crippen molar-refractivity contribution >= 4 is 5.69 Å². The van der Waals surface area contributed by atoms with Gasteiger partial charge in [-0.25, -0.2) is 9.07 Å². The largest absolute Gasteiger partial charge is 0.396 e. The van der Waals surface area contributed by atoms with Crippen LogP contribution in [0.2, 0.25) is 0 Å². The average Bonchev–Trinajstić information content (AvgIpc) is 2.96. The molecule has 21 heavy (non-hydrogen) atoms. The highest BCUT2D eigenvalue weighted by molar-refractivity contribution is 5.61. The van der Waals surface area contributed by atoms with Crippen LogP contribution < -0.4 is 5.73 Å². The number of unbranched alkanes of at least 4 members (excludes halogenated alkanes) is 3. The van der Waals surface area contributed by atoms with E-state index in [-0.39, 0.29) is 11.7 Å². The van der Waals surface area contributed by atoms with Crippen molar-refractivity contribution < 1.29 is 4.39 Å². The number of nitrogens with zero attached hydrogens (tertiary/aromatic N) is 4. The molecule has 6 heteroatoms. The maximum atomic E-state index is 13.3. The first-order valence-corrected chi connectivity index (χ1v) is 7.46. The quantitative estimate of drug-likeness (QED) is 0.625. The Hall–Kier alpha value is -1.98. The number of nitrogens with two attached hydrogens (primary N) is 1. The second-order valence-electron chi connectivity index (χ2n) is 5.38. The molecule has 1 aromatic carbocycles. The highest BCUT2D eigenvalue weighted by Crippen LogP contribution is 2.24. The molecule has 0 amide bonds. The molecule has 0 saturated carbocycles. The van der Waals surface area contributed by atoms with E-state index in [4.69, 9.17) is 5.73 Å². The van der Waals surface area contributed by atoms with Gasteiger partial charge in [-0.3, -0.25) is 0 Å². The van der Waals surface area contributed by atoms with Crippen LogP contribution in [-0.4, -0.2) is 20.2 Å². The number of hydrogen-bond acceptors (Lipinski definition) is 4. The Morgan fingerprint density at radius 2 is 2.10 bits per heavy atom. The van der Waals surface area contributed by atoms with Crippen LogP contribution in [-0.2, 0) is 0 Å². The predicted octanol–water partition coefficient (Wildman–Crippen LogP) is 3.59. The van der Waals surface area contributed by atoms with Crippen molar-refractivity contribution in [3.8, 4) is 11.4 Å². The van der Waals surface area contributed by atoms with E-state index < -0.39 is 5.82 Å². The van der Waals surface area contributed by atoms with Gasteiger partial charge in [0.1, 0.15) is 5.82 Å². The summed E-state index contributed by atoms with van der Waals surface area (Å²) >= 11 is 0. The first-order valence-electron chi connectivity index (χ1n) is 7.46. The summed E-state index contributed by atoms with van der Waals surface area (Å²) in [6, 6.07) is 4.77. The number of tetrazole rings is 1. The molecular weight excluding hydrogens is 269 g/mol. The van der Waals surface area contributed by atoms with Crippen molar-refractivity contribution in [2.75, 3.05) is 5.73 Å². The number of benzene rings is 1. The highest BCUT2D eigenvalue weighted by Gasteiger charge is 2.15. The van der Waals surface area contributed by atoms with Crippen LogP contribution >= 0.6 is 0 Å². The maximum Gasteiger partial charge on any atom is 0.182 e. The molecule has 0 fully saturated rings. The lowest BCUT2D eigenvalue weighted by molar-refractivity contribution is 0.430. The van der Waals surface area contributed by atoms with Crippen molar-refractivity contribution in [2.45, 2.75) is 52.0 Å². The van der Waals surface area contributed by atoms with Crippen molar-refractivity contribution in [3.05, 3.63) is 24.0 Å². The fourth-order valence-corrected chi connectivity index (χ4v) is 2.35. The van der Waals surface area contributed by atoms with E-state index in [0.29, 0.717) is 5.82 Å². The smallest absolute Gasteiger partial charge is 0.182 e. The monoisotopic (exact) mass is 291 g/mol. The van der Waals surface area contributed by atoms with Gasteiger partial charge in [0.05, 0.1) is 11.7 Å². The summed E-state index contributed by atoms with van der Waals surface area (Å²) in [6.45, 7) is 4.29. The Balaban J connectivity index is 2.12. The average molecular weight is 291 g/mol. The molecule has 114 valence electrons. The van der Waals surface area contributed by atoms with Crippen LogP contribution in [0.4, 0.5) is 10.1 Å². The minimum atomic E-state index is -0.426. The minimum absolute atomic E-state index is 0.109. The van der Waals surface area contributed by atoms with Gasteiger partial charge in [-0.15, -0.1) is 5.10 Å². The van der Waals surface area contributed by atoms with Gasteiger partial charge >= 0.3 is 0 Å². The van der Waals surface area contributed by atoms with E-state index >= 15 is 0 Å². The first kappa shape index (κ1) is 15.4. The summed E-state index contributed by atoms with van der Waals surface area (Å²) in [6.07, 6.45) is 5.87. The lowest BCUT2D eigenvalue weighted by Gasteiger charge is -2.13. The van der Waals surface area contributed by atoms with E-state index in [1.54, 1.807) is 16.8 Å². The predicted molar refractivity (Wildman–Crippen MR) is 81.1 cm³/mol. The lowest BCUT2D eigenvalue weighted by atomic mass is 10.1. The topological polar surface area (TPSA) is 69.6 Å². The Morgan fingerprint density at radius 3 is 2.81 bits per heavy atom. The SMILES string of the molecule is CCCCCCC(C)n1nnnc1-c1ccc(F)c(N)c1. The molecule has 0 aliphatic rings. The van der Waals surface area contributed by atoms with E-state index in [1.165, 1.54) is 25.3 Å². The normalized spacial score (nSPS) is 12.5. The Bertz CT molecular complexity index is 581. The third kappa shape index (κ3) is 3.77. The molecule has 1 unspecified atom stereocenters. The molecule has 0 saturated heterocycles. The van der Waals surface area contributed by atoms with Crippen LogP contribution in [0, 0.1) is 5.82 Å². The Labute approximate surface area is 124 Å².